The molecule has 0 saturated carbocycles. The molecule has 0 aromatic rings. The molecule has 0 amide bonds. The zero-order valence-electron chi connectivity index (χ0n) is 4.47. The predicted octanol–water partition coefficient (Wildman–Crippen LogP) is -3.26. The van der Waals surface area contributed by atoms with Crippen molar-refractivity contribution in [2.45, 2.75) is 6.92 Å². The van der Waals surface area contributed by atoms with Crippen LogP contribution in [0.1, 0.15) is 6.92 Å². The van der Waals surface area contributed by atoms with Crippen LogP contribution in [0, 0.1) is 0 Å². The molecule has 0 bridgehead atoms. The molecule has 0 radical (unpaired) electrons. The van der Waals surface area contributed by atoms with Gasteiger partial charge >= 0.3 is 29.6 Å². The third-order valence-electron chi connectivity index (χ3n) is 0.268. The molecule has 1 unspecified atom stereocenters. The first kappa shape index (κ1) is 10.9. The van der Waals surface area contributed by atoms with Crippen LogP contribution < -0.4 is 34.3 Å². The molecule has 38 valence electrons. The molecule has 3 nitrogen and oxygen atoms in total. The van der Waals surface area contributed by atoms with Crippen LogP contribution in [0.25, 0.3) is 0 Å². The Balaban J connectivity index is 0. The zero-order valence-corrected chi connectivity index (χ0v) is 7.29. The van der Waals surface area contributed by atoms with Gasteiger partial charge in [-0.3, -0.25) is 4.55 Å². The molecule has 0 aliphatic heterocycles. The zero-order chi connectivity index (χ0) is 4.99. The molecule has 5 heteroatoms. The van der Waals surface area contributed by atoms with Gasteiger partial charge < -0.3 is 0 Å². The van der Waals surface area contributed by atoms with E-state index in [0.717, 1.165) is 0 Å². The molecule has 0 aromatic heterocycles. The molecule has 0 aliphatic rings. The Morgan fingerprint density at radius 3 is 2.29 bits per heavy atom. The van der Waals surface area contributed by atoms with E-state index in [9.17, 15) is 4.21 Å². The van der Waals surface area contributed by atoms with Crippen LogP contribution in [0.4, 0.5) is 0 Å². The Morgan fingerprint density at radius 1 is 1.86 bits per heavy atom. The van der Waals surface area contributed by atoms with Gasteiger partial charge in [0.1, 0.15) is 0 Å². The molecule has 0 saturated heterocycles. The van der Waals surface area contributed by atoms with Crippen molar-refractivity contribution in [1.29, 1.82) is 0 Å². The Bertz CT molecular complexity index is 59.7. The van der Waals surface area contributed by atoms with Gasteiger partial charge in [-0.05, 0) is 0 Å². The average molecular weight is 132 g/mol. The van der Waals surface area contributed by atoms with Crippen LogP contribution in [0.3, 0.4) is 0 Å². The summed E-state index contributed by atoms with van der Waals surface area (Å²) in [6, 6.07) is 0. The van der Waals surface area contributed by atoms with Crippen molar-refractivity contribution in [1.82, 2.24) is 4.72 Å². The maximum absolute atomic E-state index is 9.60. The first-order valence-corrected chi connectivity index (χ1v) is 2.72. The van der Waals surface area contributed by atoms with E-state index in [4.69, 9.17) is 4.55 Å². The Kier molecular flexibility index (Phi) is 11.1. The summed E-state index contributed by atoms with van der Waals surface area (Å²) in [5.74, 6) is 0. The molecular formula is C2H7NNaO2S+. The van der Waals surface area contributed by atoms with Gasteiger partial charge in [-0.25, -0.2) is 8.93 Å². The quantitative estimate of drug-likeness (QED) is 0.306. The molecule has 0 heterocycles. The fraction of sp³-hybridized carbons (Fsp3) is 1.00. The summed E-state index contributed by atoms with van der Waals surface area (Å²) in [5.41, 5.74) is 0. The summed E-state index contributed by atoms with van der Waals surface area (Å²) in [4.78, 5) is 0. The summed E-state index contributed by atoms with van der Waals surface area (Å²) < 4.78 is 19.7. The molecule has 0 fully saturated rings. The summed E-state index contributed by atoms with van der Waals surface area (Å²) in [6.45, 7) is 2.29. The normalized spacial score (nSPS) is 12.3. The largest absolute Gasteiger partial charge is 1.00 e. The molecule has 0 aromatic carbocycles. The molecule has 1 atom stereocenters. The van der Waals surface area contributed by atoms with Gasteiger partial charge in [-0.2, -0.15) is 0 Å². The van der Waals surface area contributed by atoms with Crippen molar-refractivity contribution in [3.8, 4) is 0 Å². The van der Waals surface area contributed by atoms with Crippen molar-refractivity contribution in [2.24, 2.45) is 0 Å². The topological polar surface area (TPSA) is 49.3 Å². The third kappa shape index (κ3) is 11.0. The number of nitrogens with one attached hydrogen (secondary N) is 1. The summed E-state index contributed by atoms with van der Waals surface area (Å²) >= 11 is -1.82. The third-order valence-corrected chi connectivity index (χ3v) is 0.803. The van der Waals surface area contributed by atoms with Crippen LogP contribution in [0.5, 0.6) is 0 Å². The van der Waals surface area contributed by atoms with Crippen LogP contribution >= 0.6 is 0 Å². The maximum atomic E-state index is 9.60. The van der Waals surface area contributed by atoms with E-state index >= 15 is 0 Å². The molecule has 0 rings (SSSR count). The first-order valence-electron chi connectivity index (χ1n) is 1.61. The second kappa shape index (κ2) is 7.07. The minimum absolute atomic E-state index is 0. The van der Waals surface area contributed by atoms with E-state index < -0.39 is 11.3 Å². The van der Waals surface area contributed by atoms with Gasteiger partial charge in [0, 0.05) is 6.54 Å². The molecule has 7 heavy (non-hydrogen) atoms. The number of hydrogen-bond donors (Lipinski definition) is 2. The minimum Gasteiger partial charge on any atom is -0.294 e. The van der Waals surface area contributed by atoms with Crippen molar-refractivity contribution < 1.29 is 38.3 Å². The standard InChI is InChI=1S/C2H7NO2S.Na/c1-2-3-6(4)5;/h3H,2H2,1H3,(H,4,5);/q;+1. The SMILES string of the molecule is CCNS(=O)O.[Na+]. The molecule has 0 spiro atoms. The molecular weight excluding hydrogens is 125 g/mol. The second-order valence-corrected chi connectivity index (χ2v) is 1.53. The van der Waals surface area contributed by atoms with E-state index in [1.165, 1.54) is 0 Å². The Labute approximate surface area is 67.6 Å². The second-order valence-electron chi connectivity index (χ2n) is 0.747. The van der Waals surface area contributed by atoms with Gasteiger partial charge in [0.15, 0.2) is 0 Å². The molecule has 0 aliphatic carbocycles. The van der Waals surface area contributed by atoms with Crippen LogP contribution in [-0.4, -0.2) is 15.3 Å². The van der Waals surface area contributed by atoms with Crippen molar-refractivity contribution in [2.75, 3.05) is 6.54 Å². The van der Waals surface area contributed by atoms with Gasteiger partial charge in [0.25, 0.3) is 0 Å². The van der Waals surface area contributed by atoms with E-state index in [1.807, 2.05) is 0 Å². The number of hydrogen-bond acceptors (Lipinski definition) is 1. The van der Waals surface area contributed by atoms with Crippen molar-refractivity contribution in [3.05, 3.63) is 0 Å². The maximum Gasteiger partial charge on any atom is 1.00 e. The van der Waals surface area contributed by atoms with E-state index in [1.54, 1.807) is 6.92 Å². The fourth-order valence-corrected chi connectivity index (χ4v) is 0.370. The van der Waals surface area contributed by atoms with Crippen LogP contribution in [0.2, 0.25) is 0 Å². The summed E-state index contributed by atoms with van der Waals surface area (Å²) in [6.07, 6.45) is 0. The fourth-order valence-electron chi connectivity index (χ4n) is 0.123. The number of rotatable bonds is 2. The monoisotopic (exact) mass is 132 g/mol. The first-order chi connectivity index (χ1) is 2.77. The van der Waals surface area contributed by atoms with Gasteiger partial charge in [-0.1, -0.05) is 6.92 Å². The smallest absolute Gasteiger partial charge is 0.294 e. The minimum atomic E-state index is -1.82. The van der Waals surface area contributed by atoms with Crippen molar-refractivity contribution >= 4 is 11.3 Å². The average Bonchev–Trinajstić information content (AvgIpc) is 1.35. The Hall–Kier alpha value is 1.07. The van der Waals surface area contributed by atoms with E-state index in [0.29, 0.717) is 6.54 Å². The predicted molar refractivity (Wildman–Crippen MR) is 24.4 cm³/mol. The van der Waals surface area contributed by atoms with E-state index in [-0.39, 0.29) is 29.6 Å². The van der Waals surface area contributed by atoms with Gasteiger partial charge in [-0.15, -0.1) is 0 Å². The Morgan fingerprint density at radius 2 is 2.29 bits per heavy atom. The van der Waals surface area contributed by atoms with Gasteiger partial charge in [0.2, 0.25) is 11.3 Å². The van der Waals surface area contributed by atoms with Crippen LogP contribution in [0.15, 0.2) is 0 Å². The van der Waals surface area contributed by atoms with Crippen LogP contribution in [-0.2, 0) is 11.3 Å². The summed E-state index contributed by atoms with van der Waals surface area (Å²) in [5, 5.41) is 0. The van der Waals surface area contributed by atoms with Gasteiger partial charge in [0.05, 0.1) is 0 Å². The van der Waals surface area contributed by atoms with Crippen molar-refractivity contribution in [3.63, 3.8) is 0 Å². The summed E-state index contributed by atoms with van der Waals surface area (Å²) in [7, 11) is 0. The van der Waals surface area contributed by atoms with E-state index in [2.05, 4.69) is 4.72 Å². The molecule has 2 N–H and O–H groups in total.